The Morgan fingerprint density at radius 2 is 2.05 bits per heavy atom. The van der Waals surface area contributed by atoms with Crippen molar-refractivity contribution >= 4 is 28.2 Å². The van der Waals surface area contributed by atoms with Gasteiger partial charge in [0.05, 0.1) is 16.7 Å². The summed E-state index contributed by atoms with van der Waals surface area (Å²) < 4.78 is 0. The van der Waals surface area contributed by atoms with Crippen LogP contribution < -0.4 is 5.32 Å². The number of hydrogen-bond acceptors (Lipinski definition) is 6. The lowest BCUT2D eigenvalue weighted by atomic mass is 10.3. The zero-order chi connectivity index (χ0) is 13.9. The highest BCUT2D eigenvalue weighted by Crippen LogP contribution is 2.18. The predicted molar refractivity (Wildman–Crippen MR) is 81.1 cm³/mol. The first-order valence-corrected chi connectivity index (χ1v) is 7.33. The second-order valence-corrected chi connectivity index (χ2v) is 5.52. The van der Waals surface area contributed by atoms with Gasteiger partial charge in [-0.05, 0) is 26.0 Å². The van der Waals surface area contributed by atoms with E-state index in [2.05, 4.69) is 25.3 Å². The highest BCUT2D eigenvalue weighted by atomic mass is 32.1. The van der Waals surface area contributed by atoms with Gasteiger partial charge in [-0.1, -0.05) is 0 Å². The molecule has 3 aromatic rings. The molecule has 0 fully saturated rings. The Morgan fingerprint density at radius 1 is 1.15 bits per heavy atom. The molecule has 0 aromatic carbocycles. The second-order valence-electron chi connectivity index (χ2n) is 4.58. The van der Waals surface area contributed by atoms with E-state index in [1.54, 1.807) is 17.7 Å². The SMILES string of the molecule is Cc1ccc2ncnc(NCCc3scnc3C)c2n1. The number of aryl methyl sites for hydroxylation is 2. The molecule has 5 nitrogen and oxygen atoms in total. The van der Waals surface area contributed by atoms with E-state index in [4.69, 9.17) is 0 Å². The van der Waals surface area contributed by atoms with Crippen molar-refractivity contribution in [2.75, 3.05) is 11.9 Å². The van der Waals surface area contributed by atoms with Crippen molar-refractivity contribution in [3.05, 3.63) is 40.2 Å². The molecular formula is C14H15N5S. The number of nitrogens with zero attached hydrogens (tertiary/aromatic N) is 4. The maximum atomic E-state index is 4.51. The number of thiazole rings is 1. The summed E-state index contributed by atoms with van der Waals surface area (Å²) in [6.07, 6.45) is 2.51. The number of pyridine rings is 1. The third-order valence-corrected chi connectivity index (χ3v) is 4.11. The summed E-state index contributed by atoms with van der Waals surface area (Å²) >= 11 is 1.69. The van der Waals surface area contributed by atoms with Crippen LogP contribution in [0.5, 0.6) is 0 Å². The molecule has 0 atom stereocenters. The molecule has 0 aliphatic carbocycles. The molecule has 0 spiro atoms. The predicted octanol–water partition coefficient (Wildman–Crippen LogP) is 2.75. The van der Waals surface area contributed by atoms with Gasteiger partial charge in [-0.3, -0.25) is 0 Å². The summed E-state index contributed by atoms with van der Waals surface area (Å²) in [5, 5.41) is 3.35. The minimum absolute atomic E-state index is 0.792. The maximum absolute atomic E-state index is 4.51. The van der Waals surface area contributed by atoms with Crippen LogP contribution in [0.2, 0.25) is 0 Å². The molecule has 102 valence electrons. The highest BCUT2D eigenvalue weighted by Gasteiger charge is 2.06. The Balaban J connectivity index is 1.77. The monoisotopic (exact) mass is 285 g/mol. The Morgan fingerprint density at radius 3 is 2.85 bits per heavy atom. The summed E-state index contributed by atoms with van der Waals surface area (Å²) in [7, 11) is 0. The average Bonchev–Trinajstić information content (AvgIpc) is 2.85. The first-order chi connectivity index (χ1) is 9.74. The first-order valence-electron chi connectivity index (χ1n) is 6.45. The van der Waals surface area contributed by atoms with Crippen molar-refractivity contribution in [3.8, 4) is 0 Å². The molecule has 0 radical (unpaired) electrons. The van der Waals surface area contributed by atoms with Crippen LogP contribution in [0.3, 0.4) is 0 Å². The van der Waals surface area contributed by atoms with Crippen molar-refractivity contribution in [1.82, 2.24) is 19.9 Å². The molecular weight excluding hydrogens is 270 g/mol. The molecule has 0 saturated carbocycles. The van der Waals surface area contributed by atoms with E-state index in [1.807, 2.05) is 31.5 Å². The lowest BCUT2D eigenvalue weighted by Gasteiger charge is -2.07. The quantitative estimate of drug-likeness (QED) is 0.798. The van der Waals surface area contributed by atoms with Gasteiger partial charge in [-0.2, -0.15) is 0 Å². The molecule has 3 heterocycles. The minimum Gasteiger partial charge on any atom is -0.368 e. The van der Waals surface area contributed by atoms with Crippen molar-refractivity contribution in [1.29, 1.82) is 0 Å². The third-order valence-electron chi connectivity index (χ3n) is 3.11. The standard InChI is InChI=1S/C14H15N5S/c1-9-3-4-11-13(19-9)14(17-7-16-11)15-6-5-12-10(2)18-8-20-12/h3-4,7-8H,5-6H2,1-2H3,(H,15,16,17). The summed E-state index contributed by atoms with van der Waals surface area (Å²) in [4.78, 5) is 18.6. The summed E-state index contributed by atoms with van der Waals surface area (Å²) in [5.74, 6) is 0.792. The Kier molecular flexibility index (Phi) is 3.56. The number of aromatic nitrogens is 4. The Bertz CT molecular complexity index is 737. The molecule has 6 heteroatoms. The molecule has 0 amide bonds. The molecule has 0 bridgehead atoms. The fourth-order valence-electron chi connectivity index (χ4n) is 2.03. The lowest BCUT2D eigenvalue weighted by molar-refractivity contribution is 1.00. The van der Waals surface area contributed by atoms with Crippen molar-refractivity contribution in [2.24, 2.45) is 0 Å². The molecule has 3 aromatic heterocycles. The van der Waals surface area contributed by atoms with Crippen LogP contribution in [0.1, 0.15) is 16.3 Å². The maximum Gasteiger partial charge on any atom is 0.156 e. The van der Waals surface area contributed by atoms with Crippen LogP contribution >= 0.6 is 11.3 Å². The van der Waals surface area contributed by atoms with Crippen LogP contribution in [0, 0.1) is 13.8 Å². The largest absolute Gasteiger partial charge is 0.368 e. The molecule has 0 unspecified atom stereocenters. The van der Waals surface area contributed by atoms with Crippen LogP contribution in [0.4, 0.5) is 5.82 Å². The summed E-state index contributed by atoms with van der Waals surface area (Å²) in [6, 6.07) is 3.93. The average molecular weight is 285 g/mol. The van der Waals surface area contributed by atoms with E-state index in [0.717, 1.165) is 41.2 Å². The third kappa shape index (κ3) is 2.60. The highest BCUT2D eigenvalue weighted by molar-refractivity contribution is 7.09. The topological polar surface area (TPSA) is 63.6 Å². The fraction of sp³-hybridized carbons (Fsp3) is 0.286. The zero-order valence-electron chi connectivity index (χ0n) is 11.4. The first kappa shape index (κ1) is 12.9. The van der Waals surface area contributed by atoms with Gasteiger partial charge >= 0.3 is 0 Å². The Hall–Kier alpha value is -2.08. The number of fused-ring (bicyclic) bond motifs is 1. The van der Waals surface area contributed by atoms with Crippen molar-refractivity contribution < 1.29 is 0 Å². The normalized spacial score (nSPS) is 10.9. The van der Waals surface area contributed by atoms with Crippen LogP contribution in [-0.4, -0.2) is 26.5 Å². The van der Waals surface area contributed by atoms with Gasteiger partial charge in [0, 0.05) is 23.5 Å². The molecule has 3 rings (SSSR count). The lowest BCUT2D eigenvalue weighted by Crippen LogP contribution is -2.07. The fourth-order valence-corrected chi connectivity index (χ4v) is 2.81. The van der Waals surface area contributed by atoms with Gasteiger partial charge in [0.15, 0.2) is 5.82 Å². The van der Waals surface area contributed by atoms with E-state index in [-0.39, 0.29) is 0 Å². The Labute approximate surface area is 121 Å². The molecule has 20 heavy (non-hydrogen) atoms. The molecule has 1 N–H and O–H groups in total. The minimum atomic E-state index is 0.792. The van der Waals surface area contributed by atoms with Gasteiger partial charge < -0.3 is 5.32 Å². The molecule has 0 aliphatic rings. The molecule has 0 saturated heterocycles. The van der Waals surface area contributed by atoms with Gasteiger partial charge in [-0.15, -0.1) is 11.3 Å². The van der Waals surface area contributed by atoms with E-state index >= 15 is 0 Å². The van der Waals surface area contributed by atoms with Crippen molar-refractivity contribution in [2.45, 2.75) is 20.3 Å². The molecule has 0 aliphatic heterocycles. The second kappa shape index (κ2) is 5.50. The number of hydrogen-bond donors (Lipinski definition) is 1. The number of rotatable bonds is 4. The smallest absolute Gasteiger partial charge is 0.156 e. The summed E-state index contributed by atoms with van der Waals surface area (Å²) in [5.41, 5.74) is 5.65. The van der Waals surface area contributed by atoms with Gasteiger partial charge in [0.25, 0.3) is 0 Å². The van der Waals surface area contributed by atoms with E-state index in [1.165, 1.54) is 4.88 Å². The van der Waals surface area contributed by atoms with Gasteiger partial charge in [-0.25, -0.2) is 19.9 Å². The van der Waals surface area contributed by atoms with E-state index in [0.29, 0.717) is 0 Å². The van der Waals surface area contributed by atoms with E-state index < -0.39 is 0 Å². The zero-order valence-corrected chi connectivity index (χ0v) is 12.2. The summed E-state index contributed by atoms with van der Waals surface area (Å²) in [6.45, 7) is 4.82. The number of anilines is 1. The van der Waals surface area contributed by atoms with Gasteiger partial charge in [0.2, 0.25) is 0 Å². The van der Waals surface area contributed by atoms with E-state index in [9.17, 15) is 0 Å². The van der Waals surface area contributed by atoms with Crippen LogP contribution in [0.15, 0.2) is 24.0 Å². The number of nitrogens with one attached hydrogen (secondary N) is 1. The van der Waals surface area contributed by atoms with Crippen molar-refractivity contribution in [3.63, 3.8) is 0 Å². The van der Waals surface area contributed by atoms with Crippen LogP contribution in [-0.2, 0) is 6.42 Å². The van der Waals surface area contributed by atoms with Gasteiger partial charge in [0.1, 0.15) is 11.8 Å². The van der Waals surface area contributed by atoms with Crippen LogP contribution in [0.25, 0.3) is 11.0 Å².